The smallest absolute Gasteiger partial charge is 0.228 e. The molecule has 1 amide bonds. The number of fused-ring (bicyclic) bond motifs is 1. The van der Waals surface area contributed by atoms with E-state index in [-0.39, 0.29) is 11.8 Å². The van der Waals surface area contributed by atoms with E-state index >= 15 is 0 Å². The highest BCUT2D eigenvalue weighted by molar-refractivity contribution is 5.87. The highest BCUT2D eigenvalue weighted by Gasteiger charge is 2.31. The number of carbonyl (C=O) groups is 1. The number of aryl methyl sites for hydroxylation is 2. The van der Waals surface area contributed by atoms with Crippen LogP contribution in [0, 0.1) is 12.8 Å². The number of anilines is 1. The lowest BCUT2D eigenvalue weighted by Gasteiger charge is -2.39. The van der Waals surface area contributed by atoms with Gasteiger partial charge in [-0.25, -0.2) is 9.97 Å². The van der Waals surface area contributed by atoms with Crippen LogP contribution in [-0.4, -0.2) is 69.8 Å². The molecule has 4 rings (SSSR count). The van der Waals surface area contributed by atoms with E-state index in [0.717, 1.165) is 61.9 Å². The molecule has 0 bridgehead atoms. The Bertz CT molecular complexity index is 744. The first-order valence-corrected chi connectivity index (χ1v) is 8.04. The molecular formula is C15H21N7O. The molecule has 0 spiro atoms. The molecule has 0 aromatic carbocycles. The van der Waals surface area contributed by atoms with E-state index in [4.69, 9.17) is 0 Å². The number of nitrogens with zero attached hydrogens (tertiary/aromatic N) is 6. The van der Waals surface area contributed by atoms with Crippen molar-refractivity contribution in [3.63, 3.8) is 0 Å². The van der Waals surface area contributed by atoms with Gasteiger partial charge in [0.2, 0.25) is 5.91 Å². The Labute approximate surface area is 134 Å². The van der Waals surface area contributed by atoms with Crippen molar-refractivity contribution >= 4 is 22.8 Å². The first-order valence-electron chi connectivity index (χ1n) is 8.04. The molecule has 4 heterocycles. The molecule has 0 saturated carbocycles. The Kier molecular flexibility index (Phi) is 3.41. The predicted octanol–water partition coefficient (Wildman–Crippen LogP) is -0.460. The second-order valence-electron chi connectivity index (χ2n) is 6.27. The number of nitrogens with one attached hydrogen (secondary N) is 1. The van der Waals surface area contributed by atoms with Crippen LogP contribution in [0.5, 0.6) is 0 Å². The second kappa shape index (κ2) is 5.45. The van der Waals surface area contributed by atoms with Crippen LogP contribution in [0.4, 0.5) is 5.82 Å². The number of hydrogen-bond donors (Lipinski definition) is 1. The quantitative estimate of drug-likeness (QED) is 0.808. The van der Waals surface area contributed by atoms with Crippen molar-refractivity contribution in [3.05, 3.63) is 12.0 Å². The molecule has 2 aliphatic rings. The van der Waals surface area contributed by atoms with Gasteiger partial charge >= 0.3 is 0 Å². The summed E-state index contributed by atoms with van der Waals surface area (Å²) >= 11 is 0. The van der Waals surface area contributed by atoms with Crippen molar-refractivity contribution in [2.45, 2.75) is 6.92 Å². The third-order valence-corrected chi connectivity index (χ3v) is 4.71. The van der Waals surface area contributed by atoms with E-state index in [1.54, 1.807) is 4.68 Å². The summed E-state index contributed by atoms with van der Waals surface area (Å²) in [6.45, 7) is 6.64. The summed E-state index contributed by atoms with van der Waals surface area (Å²) in [4.78, 5) is 25.6. The molecule has 23 heavy (non-hydrogen) atoms. The zero-order chi connectivity index (χ0) is 16.0. The molecule has 0 aliphatic carbocycles. The number of carbonyl (C=O) groups excluding carboxylic acids is 1. The standard InChI is InChI=1S/C15H21N7O/c1-10-18-13-12(9-17-20(13)2)14(19-10)21-3-5-22(6-4-21)15(23)11-7-16-8-11/h9,11,16H,3-8H2,1-2H3. The SMILES string of the molecule is Cc1nc(N2CCN(C(=O)C3CNC3)CC2)c2cnn(C)c2n1. The highest BCUT2D eigenvalue weighted by atomic mass is 16.2. The van der Waals surface area contributed by atoms with Crippen LogP contribution >= 0.6 is 0 Å². The molecule has 2 fully saturated rings. The van der Waals surface area contributed by atoms with Crippen LogP contribution in [0.15, 0.2) is 6.20 Å². The molecule has 1 N–H and O–H groups in total. The number of piperazine rings is 1. The largest absolute Gasteiger partial charge is 0.352 e. The van der Waals surface area contributed by atoms with Crippen LogP contribution in [-0.2, 0) is 11.8 Å². The van der Waals surface area contributed by atoms with Crippen molar-refractivity contribution in [2.24, 2.45) is 13.0 Å². The van der Waals surface area contributed by atoms with E-state index in [1.807, 2.05) is 25.1 Å². The van der Waals surface area contributed by atoms with E-state index in [0.29, 0.717) is 0 Å². The molecule has 8 heteroatoms. The Hall–Kier alpha value is -2.22. The van der Waals surface area contributed by atoms with Crippen LogP contribution in [0.25, 0.3) is 11.0 Å². The minimum Gasteiger partial charge on any atom is -0.352 e. The number of aromatic nitrogens is 4. The topological polar surface area (TPSA) is 79.2 Å². The van der Waals surface area contributed by atoms with Gasteiger partial charge < -0.3 is 15.1 Å². The van der Waals surface area contributed by atoms with Crippen molar-refractivity contribution in [3.8, 4) is 0 Å². The van der Waals surface area contributed by atoms with E-state index < -0.39 is 0 Å². The maximum Gasteiger partial charge on any atom is 0.228 e. The van der Waals surface area contributed by atoms with E-state index in [1.165, 1.54) is 0 Å². The monoisotopic (exact) mass is 315 g/mol. The van der Waals surface area contributed by atoms with Crippen LogP contribution < -0.4 is 10.2 Å². The first-order chi connectivity index (χ1) is 11.1. The summed E-state index contributed by atoms with van der Waals surface area (Å²) < 4.78 is 1.77. The molecule has 2 aliphatic heterocycles. The van der Waals surface area contributed by atoms with Crippen molar-refractivity contribution in [1.82, 2.24) is 30.0 Å². The fraction of sp³-hybridized carbons (Fsp3) is 0.600. The second-order valence-corrected chi connectivity index (χ2v) is 6.27. The summed E-state index contributed by atoms with van der Waals surface area (Å²) in [5, 5.41) is 8.43. The van der Waals surface area contributed by atoms with Crippen LogP contribution in [0.2, 0.25) is 0 Å². The van der Waals surface area contributed by atoms with Gasteiger partial charge in [0.1, 0.15) is 11.6 Å². The molecule has 122 valence electrons. The van der Waals surface area contributed by atoms with E-state index in [9.17, 15) is 4.79 Å². The molecular weight excluding hydrogens is 294 g/mol. The minimum absolute atomic E-state index is 0.174. The zero-order valence-corrected chi connectivity index (χ0v) is 13.5. The van der Waals surface area contributed by atoms with Gasteiger partial charge in [-0.3, -0.25) is 9.48 Å². The molecule has 0 radical (unpaired) electrons. The van der Waals surface area contributed by atoms with Gasteiger partial charge in [0, 0.05) is 46.3 Å². The minimum atomic E-state index is 0.174. The lowest BCUT2D eigenvalue weighted by Crippen LogP contribution is -2.56. The third kappa shape index (κ3) is 2.42. The van der Waals surface area contributed by atoms with Gasteiger partial charge in [0.05, 0.1) is 17.5 Å². The van der Waals surface area contributed by atoms with Crippen molar-refractivity contribution < 1.29 is 4.79 Å². The summed E-state index contributed by atoms with van der Waals surface area (Å²) in [5.41, 5.74) is 0.853. The Morgan fingerprint density at radius 1 is 1.22 bits per heavy atom. The maximum atomic E-state index is 12.3. The average Bonchev–Trinajstić information content (AvgIpc) is 2.86. The number of amides is 1. The van der Waals surface area contributed by atoms with Gasteiger partial charge in [0.25, 0.3) is 0 Å². The van der Waals surface area contributed by atoms with Gasteiger partial charge in [-0.05, 0) is 6.92 Å². The molecule has 0 unspecified atom stereocenters. The molecule has 2 saturated heterocycles. The van der Waals surface area contributed by atoms with Gasteiger partial charge in [-0.1, -0.05) is 0 Å². The summed E-state index contributed by atoms with van der Waals surface area (Å²) in [6, 6.07) is 0. The zero-order valence-electron chi connectivity index (χ0n) is 13.5. The predicted molar refractivity (Wildman–Crippen MR) is 86.2 cm³/mol. The third-order valence-electron chi connectivity index (χ3n) is 4.71. The van der Waals surface area contributed by atoms with Crippen LogP contribution in [0.1, 0.15) is 5.82 Å². The summed E-state index contributed by atoms with van der Waals surface area (Å²) in [5.74, 6) is 2.13. The normalized spacial score (nSPS) is 19.2. The first kappa shape index (κ1) is 14.4. The summed E-state index contributed by atoms with van der Waals surface area (Å²) in [7, 11) is 1.89. The number of hydrogen-bond acceptors (Lipinski definition) is 6. The van der Waals surface area contributed by atoms with E-state index in [2.05, 4.69) is 25.3 Å². The van der Waals surface area contributed by atoms with Gasteiger partial charge in [0.15, 0.2) is 5.65 Å². The fourth-order valence-corrected chi connectivity index (χ4v) is 3.21. The van der Waals surface area contributed by atoms with Crippen molar-refractivity contribution in [2.75, 3.05) is 44.2 Å². The fourth-order valence-electron chi connectivity index (χ4n) is 3.21. The van der Waals surface area contributed by atoms with Crippen molar-refractivity contribution in [1.29, 1.82) is 0 Å². The molecule has 8 nitrogen and oxygen atoms in total. The van der Waals surface area contributed by atoms with Gasteiger partial charge in [-0.15, -0.1) is 0 Å². The lowest BCUT2D eigenvalue weighted by molar-refractivity contribution is -0.137. The summed E-state index contributed by atoms with van der Waals surface area (Å²) in [6.07, 6.45) is 1.82. The highest BCUT2D eigenvalue weighted by Crippen LogP contribution is 2.24. The number of rotatable bonds is 2. The van der Waals surface area contributed by atoms with Gasteiger partial charge in [-0.2, -0.15) is 5.10 Å². The Morgan fingerprint density at radius 3 is 2.61 bits per heavy atom. The Balaban J connectivity index is 1.53. The average molecular weight is 315 g/mol. The molecule has 2 aromatic heterocycles. The molecule has 2 aromatic rings. The lowest BCUT2D eigenvalue weighted by atomic mass is 10.0. The maximum absolute atomic E-state index is 12.3. The van der Waals surface area contributed by atoms with Crippen LogP contribution in [0.3, 0.4) is 0 Å². The molecule has 0 atom stereocenters. The Morgan fingerprint density at radius 2 is 1.96 bits per heavy atom.